The fourth-order valence-electron chi connectivity index (χ4n) is 4.95. The van der Waals surface area contributed by atoms with Gasteiger partial charge in [0.05, 0.1) is 6.04 Å². The molecule has 1 N–H and O–H groups in total. The Balaban J connectivity index is 0.00000113. The number of hydrogen-bond acceptors (Lipinski definition) is 3. The lowest BCUT2D eigenvalue weighted by molar-refractivity contribution is -0.130. The van der Waals surface area contributed by atoms with Crippen LogP contribution in [0, 0.1) is 11.8 Å². The number of piperidine rings is 1. The van der Waals surface area contributed by atoms with Crippen LogP contribution in [0.5, 0.6) is 0 Å². The van der Waals surface area contributed by atoms with E-state index in [1.165, 1.54) is 24.9 Å². The van der Waals surface area contributed by atoms with Crippen molar-refractivity contribution in [1.29, 1.82) is 0 Å². The van der Waals surface area contributed by atoms with Gasteiger partial charge < -0.3 is 10.2 Å². The van der Waals surface area contributed by atoms with Crippen molar-refractivity contribution in [2.24, 2.45) is 11.8 Å². The van der Waals surface area contributed by atoms with E-state index >= 15 is 0 Å². The molecule has 0 radical (unpaired) electrons. The molecule has 0 bridgehead atoms. The van der Waals surface area contributed by atoms with Gasteiger partial charge >= 0.3 is 0 Å². The lowest BCUT2D eigenvalue weighted by Gasteiger charge is -2.34. The van der Waals surface area contributed by atoms with Crippen LogP contribution in [-0.2, 0) is 4.79 Å². The number of likely N-dealkylation sites (tertiary alicyclic amines) is 2. The van der Waals surface area contributed by atoms with E-state index < -0.39 is 0 Å². The molecular formula is C19H29Cl2N3O. The average molecular weight is 386 g/mol. The fraction of sp³-hybridized carbons (Fsp3) is 0.632. The minimum atomic E-state index is 0. The van der Waals surface area contributed by atoms with Gasteiger partial charge in [0, 0.05) is 38.5 Å². The average Bonchev–Trinajstić information content (AvgIpc) is 3.14. The Bertz CT molecular complexity index is 565. The number of hydrogen-bond donors (Lipinski definition) is 1. The van der Waals surface area contributed by atoms with Crippen LogP contribution >= 0.6 is 24.8 Å². The molecular weight excluding hydrogens is 357 g/mol. The molecule has 6 heteroatoms. The monoisotopic (exact) mass is 385 g/mol. The van der Waals surface area contributed by atoms with E-state index in [1.807, 2.05) is 0 Å². The van der Waals surface area contributed by atoms with Crippen molar-refractivity contribution in [3.63, 3.8) is 0 Å². The summed E-state index contributed by atoms with van der Waals surface area (Å²) in [4.78, 5) is 17.0. The minimum absolute atomic E-state index is 0. The molecule has 3 fully saturated rings. The fourth-order valence-corrected chi connectivity index (χ4v) is 4.95. The number of nitrogens with zero attached hydrogens (tertiary/aromatic N) is 2. The van der Waals surface area contributed by atoms with Gasteiger partial charge in [-0.05, 0) is 37.4 Å². The summed E-state index contributed by atoms with van der Waals surface area (Å²) in [6, 6.07) is 11.6. The predicted molar refractivity (Wildman–Crippen MR) is 106 cm³/mol. The molecule has 0 saturated carbocycles. The van der Waals surface area contributed by atoms with Crippen molar-refractivity contribution >= 4 is 30.7 Å². The Labute approximate surface area is 163 Å². The second kappa shape index (κ2) is 8.72. The van der Waals surface area contributed by atoms with Crippen molar-refractivity contribution in [3.8, 4) is 0 Å². The van der Waals surface area contributed by atoms with E-state index in [0.717, 1.165) is 32.2 Å². The van der Waals surface area contributed by atoms with Crippen LogP contribution in [0.1, 0.15) is 31.4 Å². The molecule has 25 heavy (non-hydrogen) atoms. The lowest BCUT2D eigenvalue weighted by atomic mass is 9.89. The Morgan fingerprint density at radius 2 is 1.72 bits per heavy atom. The molecule has 3 aliphatic rings. The van der Waals surface area contributed by atoms with E-state index in [4.69, 9.17) is 0 Å². The van der Waals surface area contributed by atoms with Gasteiger partial charge in [-0.2, -0.15) is 0 Å². The molecule has 3 aliphatic heterocycles. The van der Waals surface area contributed by atoms with E-state index in [1.54, 1.807) is 6.92 Å². The van der Waals surface area contributed by atoms with Crippen molar-refractivity contribution in [2.75, 3.05) is 32.7 Å². The first kappa shape index (κ1) is 20.5. The molecule has 140 valence electrons. The number of rotatable bonds is 2. The third-order valence-corrected chi connectivity index (χ3v) is 6.06. The zero-order chi connectivity index (χ0) is 15.8. The molecule has 1 aromatic rings. The quantitative estimate of drug-likeness (QED) is 0.849. The SMILES string of the molecule is CC(=O)N1C[C@H]2CN(C3CCNCC3)C[C@H]2[C@@H]1c1ccccc1.Cl.Cl. The Morgan fingerprint density at radius 1 is 1.04 bits per heavy atom. The van der Waals surface area contributed by atoms with E-state index in [9.17, 15) is 4.79 Å². The highest BCUT2D eigenvalue weighted by molar-refractivity contribution is 5.85. The van der Waals surface area contributed by atoms with Gasteiger partial charge in [-0.25, -0.2) is 0 Å². The number of fused-ring (bicyclic) bond motifs is 1. The summed E-state index contributed by atoms with van der Waals surface area (Å²) in [6.45, 7) is 7.28. The molecule has 4 rings (SSSR count). The minimum Gasteiger partial charge on any atom is -0.335 e. The highest BCUT2D eigenvalue weighted by Crippen LogP contribution is 2.45. The van der Waals surface area contributed by atoms with Gasteiger partial charge in [0.25, 0.3) is 0 Å². The molecule has 1 amide bonds. The highest BCUT2D eigenvalue weighted by atomic mass is 35.5. The maximum absolute atomic E-state index is 12.1. The molecule has 0 unspecified atom stereocenters. The first-order valence-electron chi connectivity index (χ1n) is 9.01. The summed E-state index contributed by atoms with van der Waals surface area (Å²) in [5.41, 5.74) is 1.31. The van der Waals surface area contributed by atoms with Crippen LogP contribution in [-0.4, -0.2) is 54.5 Å². The molecule has 0 aromatic heterocycles. The van der Waals surface area contributed by atoms with Crippen LogP contribution in [0.4, 0.5) is 0 Å². The first-order chi connectivity index (χ1) is 11.2. The standard InChI is InChI=1S/C19H27N3O.2ClH/c1-14(23)22-12-16-11-21(17-7-9-20-10-8-17)13-18(16)19(22)15-5-3-2-4-6-15;;/h2-6,16-20H,7-13H2,1H3;2*1H/t16-,18-,19+;;/m1../s1. The lowest BCUT2D eigenvalue weighted by Crippen LogP contribution is -2.43. The summed E-state index contributed by atoms with van der Waals surface area (Å²) in [6.07, 6.45) is 2.54. The number of nitrogens with one attached hydrogen (secondary N) is 1. The van der Waals surface area contributed by atoms with Gasteiger partial charge in [-0.15, -0.1) is 24.8 Å². The highest BCUT2D eigenvalue weighted by Gasteiger charge is 2.49. The van der Waals surface area contributed by atoms with E-state index in [-0.39, 0.29) is 36.8 Å². The molecule has 4 nitrogen and oxygen atoms in total. The molecule has 0 aliphatic carbocycles. The summed E-state index contributed by atoms with van der Waals surface area (Å²) in [5, 5.41) is 3.47. The number of carbonyl (C=O) groups excluding carboxylic acids is 1. The van der Waals surface area contributed by atoms with Gasteiger partial charge in [0.1, 0.15) is 0 Å². The largest absolute Gasteiger partial charge is 0.335 e. The smallest absolute Gasteiger partial charge is 0.219 e. The van der Waals surface area contributed by atoms with Gasteiger partial charge in [-0.1, -0.05) is 30.3 Å². The molecule has 0 spiro atoms. The number of halogens is 2. The summed E-state index contributed by atoms with van der Waals surface area (Å²) in [7, 11) is 0. The second-order valence-electron chi connectivity index (χ2n) is 7.39. The number of amides is 1. The van der Waals surface area contributed by atoms with Crippen LogP contribution in [0.2, 0.25) is 0 Å². The van der Waals surface area contributed by atoms with Crippen molar-refractivity contribution < 1.29 is 4.79 Å². The van der Waals surface area contributed by atoms with Gasteiger partial charge in [0.15, 0.2) is 0 Å². The molecule has 3 atom stereocenters. The normalized spacial score (nSPS) is 29.6. The van der Waals surface area contributed by atoms with Crippen molar-refractivity contribution in [2.45, 2.75) is 31.8 Å². The van der Waals surface area contributed by atoms with Gasteiger partial charge in [0.2, 0.25) is 5.91 Å². The Hall–Kier alpha value is -0.810. The zero-order valence-corrected chi connectivity index (χ0v) is 16.4. The maximum atomic E-state index is 12.1. The van der Waals surface area contributed by atoms with E-state index in [2.05, 4.69) is 45.4 Å². The van der Waals surface area contributed by atoms with Crippen molar-refractivity contribution in [3.05, 3.63) is 35.9 Å². The maximum Gasteiger partial charge on any atom is 0.219 e. The summed E-state index contributed by atoms with van der Waals surface area (Å²) >= 11 is 0. The van der Waals surface area contributed by atoms with E-state index in [0.29, 0.717) is 11.8 Å². The Kier molecular flexibility index (Phi) is 7.15. The first-order valence-corrected chi connectivity index (χ1v) is 9.01. The molecule has 3 heterocycles. The summed E-state index contributed by atoms with van der Waals surface area (Å²) < 4.78 is 0. The number of carbonyl (C=O) groups is 1. The van der Waals surface area contributed by atoms with Crippen LogP contribution in [0.25, 0.3) is 0 Å². The number of benzene rings is 1. The predicted octanol–water partition coefficient (Wildman–Crippen LogP) is 2.73. The summed E-state index contributed by atoms with van der Waals surface area (Å²) in [5.74, 6) is 1.46. The Morgan fingerprint density at radius 3 is 2.36 bits per heavy atom. The van der Waals surface area contributed by atoms with Crippen LogP contribution in [0.3, 0.4) is 0 Å². The molecule has 1 aromatic carbocycles. The third kappa shape index (κ3) is 3.97. The third-order valence-electron chi connectivity index (χ3n) is 6.06. The van der Waals surface area contributed by atoms with Crippen LogP contribution in [0.15, 0.2) is 30.3 Å². The van der Waals surface area contributed by atoms with Crippen molar-refractivity contribution in [1.82, 2.24) is 15.1 Å². The zero-order valence-electron chi connectivity index (χ0n) is 14.8. The van der Waals surface area contributed by atoms with Crippen LogP contribution < -0.4 is 5.32 Å². The van der Waals surface area contributed by atoms with Gasteiger partial charge in [-0.3, -0.25) is 9.69 Å². The molecule has 3 saturated heterocycles. The topological polar surface area (TPSA) is 35.6 Å². The second-order valence-corrected chi connectivity index (χ2v) is 7.39.